The van der Waals surface area contributed by atoms with Crippen LogP contribution in [0.1, 0.15) is 35.5 Å². The van der Waals surface area contributed by atoms with E-state index in [-0.39, 0.29) is 31.0 Å². The van der Waals surface area contributed by atoms with Crippen LogP contribution < -0.4 is 15.4 Å². The van der Waals surface area contributed by atoms with Crippen molar-refractivity contribution in [2.75, 3.05) is 6.54 Å². The van der Waals surface area contributed by atoms with Gasteiger partial charge in [-0.15, -0.1) is 0 Å². The number of aromatic nitrogens is 2. The minimum atomic E-state index is -0.361. The van der Waals surface area contributed by atoms with Gasteiger partial charge in [0, 0.05) is 18.4 Å². The molecule has 0 atom stereocenters. The molecule has 0 bridgehead atoms. The number of hydrogen-bond donors (Lipinski definition) is 2. The molecule has 0 aliphatic carbocycles. The molecule has 146 valence electrons. The fourth-order valence-electron chi connectivity index (χ4n) is 2.83. The van der Waals surface area contributed by atoms with Gasteiger partial charge in [0.2, 0.25) is 5.91 Å². The third-order valence-electron chi connectivity index (χ3n) is 4.09. The largest absolute Gasteiger partial charge is 0.486 e. The molecule has 2 aromatic heterocycles. The predicted molar refractivity (Wildman–Crippen MR) is 106 cm³/mol. The number of fused-ring (bicyclic) bond motifs is 1. The average Bonchev–Trinajstić information content (AvgIpc) is 3.09. The molecule has 3 rings (SSSR count). The van der Waals surface area contributed by atoms with Crippen molar-refractivity contribution >= 4 is 17.5 Å². The summed E-state index contributed by atoms with van der Waals surface area (Å²) in [4.78, 5) is 28.8. The van der Waals surface area contributed by atoms with Gasteiger partial charge in [0.25, 0.3) is 5.91 Å². The third kappa shape index (κ3) is 4.68. The Hall–Kier alpha value is -3.35. The van der Waals surface area contributed by atoms with Crippen molar-refractivity contribution in [1.82, 2.24) is 20.0 Å². The molecule has 0 fully saturated rings. The number of hydrogen-bond acceptors (Lipinski definition) is 4. The molecule has 2 N–H and O–H groups in total. The minimum absolute atomic E-state index is 0.0223. The smallest absolute Gasteiger partial charge is 0.255 e. The summed E-state index contributed by atoms with van der Waals surface area (Å²) in [5.74, 6) is -0.153. The Morgan fingerprint density at radius 1 is 1.18 bits per heavy atom. The highest BCUT2D eigenvalue weighted by molar-refractivity contribution is 5.98. The van der Waals surface area contributed by atoms with Crippen LogP contribution in [0.25, 0.3) is 5.65 Å². The Bertz CT molecular complexity index is 994. The van der Waals surface area contributed by atoms with E-state index in [0.717, 1.165) is 16.9 Å². The van der Waals surface area contributed by atoms with Gasteiger partial charge in [0.05, 0.1) is 17.8 Å². The number of carbonyl (C=O) groups excluding carboxylic acids is 2. The summed E-state index contributed by atoms with van der Waals surface area (Å²) in [7, 11) is 0. The molecule has 0 aliphatic heterocycles. The number of imidazole rings is 1. The summed E-state index contributed by atoms with van der Waals surface area (Å²) in [5, 5.41) is 5.35. The lowest BCUT2D eigenvalue weighted by Crippen LogP contribution is -2.39. The number of para-hydroxylation sites is 1. The number of nitrogens with one attached hydrogen (secondary N) is 2. The minimum Gasteiger partial charge on any atom is -0.486 e. The molecular formula is C21H24N4O3. The molecular weight excluding hydrogens is 356 g/mol. The summed E-state index contributed by atoms with van der Waals surface area (Å²) < 4.78 is 7.79. The maximum atomic E-state index is 12.5. The summed E-state index contributed by atoms with van der Waals surface area (Å²) in [6.07, 6.45) is 3.84. The molecule has 1 aromatic carbocycles. The molecule has 7 nitrogen and oxygen atoms in total. The van der Waals surface area contributed by atoms with Crippen molar-refractivity contribution in [3.05, 3.63) is 65.6 Å². The lowest BCUT2D eigenvalue weighted by molar-refractivity contribution is -0.120. The van der Waals surface area contributed by atoms with Crippen molar-refractivity contribution in [2.45, 2.75) is 33.4 Å². The fraction of sp³-hybridized carbons (Fsp3) is 0.286. The van der Waals surface area contributed by atoms with Gasteiger partial charge in [-0.1, -0.05) is 18.2 Å². The normalized spacial score (nSPS) is 10.9. The van der Waals surface area contributed by atoms with Crippen molar-refractivity contribution < 1.29 is 14.3 Å². The van der Waals surface area contributed by atoms with E-state index in [4.69, 9.17) is 4.74 Å². The van der Waals surface area contributed by atoms with E-state index in [1.165, 1.54) is 0 Å². The van der Waals surface area contributed by atoms with Gasteiger partial charge < -0.3 is 19.8 Å². The monoisotopic (exact) mass is 380 g/mol. The number of carbonyl (C=O) groups is 2. The Morgan fingerprint density at radius 2 is 1.96 bits per heavy atom. The lowest BCUT2D eigenvalue weighted by Gasteiger charge is -2.12. The van der Waals surface area contributed by atoms with E-state index in [2.05, 4.69) is 15.6 Å². The van der Waals surface area contributed by atoms with E-state index in [1.807, 2.05) is 49.7 Å². The van der Waals surface area contributed by atoms with E-state index in [9.17, 15) is 9.59 Å². The van der Waals surface area contributed by atoms with Gasteiger partial charge in [0.15, 0.2) is 0 Å². The molecule has 2 amide bonds. The zero-order valence-electron chi connectivity index (χ0n) is 16.2. The first kappa shape index (κ1) is 19.4. The topological polar surface area (TPSA) is 84.7 Å². The SMILES string of the molecule is Cc1cccn2cc(COc3ccccc3C(=O)NCC(=O)NC(C)C)nc12. The maximum absolute atomic E-state index is 12.5. The number of benzene rings is 1. The van der Waals surface area contributed by atoms with Crippen LogP contribution in [0.5, 0.6) is 5.75 Å². The number of amides is 2. The first-order valence-electron chi connectivity index (χ1n) is 9.16. The molecule has 3 aromatic rings. The average molecular weight is 380 g/mol. The Labute approximate surface area is 163 Å². The Kier molecular flexibility index (Phi) is 5.93. The molecule has 0 aliphatic rings. The standard InChI is InChI=1S/C21H24N4O3/c1-14(2)23-19(26)11-22-21(27)17-8-4-5-9-18(17)28-13-16-12-25-10-6-7-15(3)20(25)24-16/h4-10,12,14H,11,13H2,1-3H3,(H,22,27)(H,23,26). The summed E-state index contributed by atoms with van der Waals surface area (Å²) >= 11 is 0. The van der Waals surface area contributed by atoms with E-state index in [1.54, 1.807) is 24.3 Å². The highest BCUT2D eigenvalue weighted by Gasteiger charge is 2.14. The van der Waals surface area contributed by atoms with Crippen LogP contribution in [0.2, 0.25) is 0 Å². The van der Waals surface area contributed by atoms with Crippen molar-refractivity contribution in [2.24, 2.45) is 0 Å². The number of nitrogens with zero attached hydrogens (tertiary/aromatic N) is 2. The summed E-state index contributed by atoms with van der Waals surface area (Å²) in [5.41, 5.74) is 3.09. The molecule has 0 radical (unpaired) electrons. The molecule has 7 heteroatoms. The van der Waals surface area contributed by atoms with Crippen LogP contribution in [0, 0.1) is 6.92 Å². The van der Waals surface area contributed by atoms with Crippen molar-refractivity contribution in [3.63, 3.8) is 0 Å². The number of aryl methyl sites for hydroxylation is 1. The molecule has 28 heavy (non-hydrogen) atoms. The second kappa shape index (κ2) is 8.56. The maximum Gasteiger partial charge on any atom is 0.255 e. The lowest BCUT2D eigenvalue weighted by atomic mass is 10.2. The summed E-state index contributed by atoms with van der Waals surface area (Å²) in [6.45, 7) is 5.88. The second-order valence-electron chi connectivity index (χ2n) is 6.84. The Balaban J connectivity index is 1.67. The predicted octanol–water partition coefficient (Wildman–Crippen LogP) is 2.48. The number of ether oxygens (including phenoxy) is 1. The van der Waals surface area contributed by atoms with Crippen LogP contribution in [-0.4, -0.2) is 33.8 Å². The fourth-order valence-corrected chi connectivity index (χ4v) is 2.83. The van der Waals surface area contributed by atoms with Crippen LogP contribution in [0.15, 0.2) is 48.8 Å². The first-order chi connectivity index (χ1) is 13.4. The van der Waals surface area contributed by atoms with Gasteiger partial charge in [0.1, 0.15) is 18.0 Å². The summed E-state index contributed by atoms with van der Waals surface area (Å²) in [6, 6.07) is 10.9. The molecule has 0 saturated carbocycles. The van der Waals surface area contributed by atoms with Crippen LogP contribution in [0.3, 0.4) is 0 Å². The third-order valence-corrected chi connectivity index (χ3v) is 4.09. The van der Waals surface area contributed by atoms with Crippen molar-refractivity contribution in [1.29, 1.82) is 0 Å². The van der Waals surface area contributed by atoms with Gasteiger partial charge in [-0.05, 0) is 44.5 Å². The van der Waals surface area contributed by atoms with E-state index >= 15 is 0 Å². The van der Waals surface area contributed by atoms with Gasteiger partial charge in [-0.3, -0.25) is 9.59 Å². The van der Waals surface area contributed by atoms with E-state index in [0.29, 0.717) is 11.3 Å². The van der Waals surface area contributed by atoms with Crippen LogP contribution in [-0.2, 0) is 11.4 Å². The van der Waals surface area contributed by atoms with Crippen molar-refractivity contribution in [3.8, 4) is 5.75 Å². The Morgan fingerprint density at radius 3 is 2.71 bits per heavy atom. The van der Waals surface area contributed by atoms with Gasteiger partial charge in [-0.25, -0.2) is 4.98 Å². The number of pyridine rings is 1. The van der Waals surface area contributed by atoms with Crippen LogP contribution >= 0.6 is 0 Å². The van der Waals surface area contributed by atoms with E-state index < -0.39 is 0 Å². The van der Waals surface area contributed by atoms with Crippen LogP contribution in [0.4, 0.5) is 0 Å². The first-order valence-corrected chi connectivity index (χ1v) is 9.16. The molecule has 2 heterocycles. The number of rotatable bonds is 7. The van der Waals surface area contributed by atoms with Gasteiger partial charge >= 0.3 is 0 Å². The highest BCUT2D eigenvalue weighted by atomic mass is 16.5. The zero-order valence-corrected chi connectivity index (χ0v) is 16.2. The molecule has 0 saturated heterocycles. The van der Waals surface area contributed by atoms with Gasteiger partial charge in [-0.2, -0.15) is 0 Å². The zero-order chi connectivity index (χ0) is 20.1. The highest BCUT2D eigenvalue weighted by Crippen LogP contribution is 2.19. The molecule has 0 spiro atoms. The molecule has 0 unspecified atom stereocenters. The second-order valence-corrected chi connectivity index (χ2v) is 6.84. The quantitative estimate of drug-likeness (QED) is 0.659.